The fourth-order valence-corrected chi connectivity index (χ4v) is 1.32. The number of ether oxygens (including phenoxy) is 1. The first kappa shape index (κ1) is 14.2. The molecular weight excluding hydrogens is 249 g/mol. The molecule has 0 radical (unpaired) electrons. The van der Waals surface area contributed by atoms with E-state index in [2.05, 4.69) is 4.74 Å². The zero-order valence-corrected chi connectivity index (χ0v) is 9.80. The Kier molecular flexibility index (Phi) is 4.47. The quantitative estimate of drug-likeness (QED) is 0.361. The molecule has 0 aromatic heterocycles. The molecule has 6 heteroatoms. The van der Waals surface area contributed by atoms with Crippen molar-refractivity contribution in [1.82, 2.24) is 0 Å². The number of Topliss-reactive ketones (excluding diaryl/α,β-unsaturated/α-hetero) is 1. The minimum Gasteiger partial charge on any atom is -0.465 e. The molecule has 0 N–H and O–H groups in total. The first-order valence-electron chi connectivity index (χ1n) is 5.23. The number of carbonyl (C=O) groups is 2. The van der Waals surface area contributed by atoms with Crippen LogP contribution in [-0.2, 0) is 9.53 Å². The molecular formula is C12H11F3O3. The topological polar surface area (TPSA) is 43.4 Å². The van der Waals surface area contributed by atoms with Crippen LogP contribution in [0.1, 0.15) is 24.2 Å². The predicted molar refractivity (Wildman–Crippen MR) is 56.4 cm³/mol. The third-order valence-electron chi connectivity index (χ3n) is 2.31. The predicted octanol–water partition coefficient (Wildman–Crippen LogP) is 2.49. The molecule has 0 amide bonds. The van der Waals surface area contributed by atoms with Gasteiger partial charge in [0.25, 0.3) is 0 Å². The number of ketones is 1. The highest BCUT2D eigenvalue weighted by atomic mass is 19.2. The number of esters is 1. The molecule has 0 aliphatic carbocycles. The van der Waals surface area contributed by atoms with Crippen LogP contribution < -0.4 is 0 Å². The highest BCUT2D eigenvalue weighted by molar-refractivity contribution is 6.08. The fraction of sp³-hybridized carbons (Fsp3) is 0.333. The van der Waals surface area contributed by atoms with Gasteiger partial charge < -0.3 is 4.74 Å². The smallest absolute Gasteiger partial charge is 0.316 e. The van der Waals surface area contributed by atoms with E-state index in [4.69, 9.17) is 0 Å². The number of rotatable bonds is 4. The Morgan fingerprint density at radius 3 is 2.28 bits per heavy atom. The molecule has 0 aliphatic rings. The molecule has 0 saturated carbocycles. The summed E-state index contributed by atoms with van der Waals surface area (Å²) in [5, 5.41) is 0. The first-order valence-corrected chi connectivity index (χ1v) is 5.23. The lowest BCUT2D eigenvalue weighted by atomic mass is 9.99. The Morgan fingerprint density at radius 2 is 1.72 bits per heavy atom. The summed E-state index contributed by atoms with van der Waals surface area (Å²) >= 11 is 0. The first-order chi connectivity index (χ1) is 8.38. The minimum absolute atomic E-state index is 0.0662. The van der Waals surface area contributed by atoms with Crippen molar-refractivity contribution in [3.8, 4) is 0 Å². The Bertz CT molecular complexity index is 486. The van der Waals surface area contributed by atoms with E-state index in [1.807, 2.05) is 0 Å². The van der Waals surface area contributed by atoms with Crippen LogP contribution >= 0.6 is 0 Å². The van der Waals surface area contributed by atoms with Gasteiger partial charge in [0.2, 0.25) is 0 Å². The highest BCUT2D eigenvalue weighted by Gasteiger charge is 2.27. The van der Waals surface area contributed by atoms with Gasteiger partial charge in [0.15, 0.2) is 17.4 Å². The molecule has 1 rings (SSSR count). The van der Waals surface area contributed by atoms with E-state index in [1.54, 1.807) is 6.92 Å². The Labute approximate surface area is 102 Å². The monoisotopic (exact) mass is 260 g/mol. The van der Waals surface area contributed by atoms with Gasteiger partial charge in [0, 0.05) is 6.07 Å². The molecule has 1 unspecified atom stereocenters. The molecule has 0 saturated heterocycles. The van der Waals surface area contributed by atoms with Crippen LogP contribution in [0.25, 0.3) is 0 Å². The van der Waals surface area contributed by atoms with Crippen LogP contribution in [-0.4, -0.2) is 18.4 Å². The van der Waals surface area contributed by atoms with Crippen molar-refractivity contribution in [2.24, 2.45) is 5.92 Å². The molecule has 0 heterocycles. The number of carbonyl (C=O) groups excluding carboxylic acids is 2. The minimum atomic E-state index is -1.40. The summed E-state index contributed by atoms with van der Waals surface area (Å²) in [5.74, 6) is -7.03. The van der Waals surface area contributed by atoms with E-state index in [0.29, 0.717) is 6.07 Å². The van der Waals surface area contributed by atoms with E-state index in [1.165, 1.54) is 6.92 Å². The van der Waals surface area contributed by atoms with Gasteiger partial charge in [-0.3, -0.25) is 9.59 Å². The van der Waals surface area contributed by atoms with Crippen molar-refractivity contribution in [3.63, 3.8) is 0 Å². The normalized spacial score (nSPS) is 12.1. The summed E-state index contributed by atoms with van der Waals surface area (Å²) in [6.45, 7) is 2.82. The van der Waals surface area contributed by atoms with Gasteiger partial charge in [0.1, 0.15) is 11.7 Å². The van der Waals surface area contributed by atoms with Crippen molar-refractivity contribution in [3.05, 3.63) is 35.1 Å². The second kappa shape index (κ2) is 5.66. The van der Waals surface area contributed by atoms with Gasteiger partial charge in [0.05, 0.1) is 12.2 Å². The van der Waals surface area contributed by atoms with Crippen molar-refractivity contribution >= 4 is 11.8 Å². The van der Waals surface area contributed by atoms with Crippen molar-refractivity contribution in [1.29, 1.82) is 0 Å². The molecule has 0 bridgehead atoms. The number of benzene rings is 1. The summed E-state index contributed by atoms with van der Waals surface area (Å²) in [6.07, 6.45) is 0. The molecule has 0 aliphatic heterocycles. The van der Waals surface area contributed by atoms with E-state index in [-0.39, 0.29) is 12.7 Å². The molecule has 1 aromatic rings. The van der Waals surface area contributed by atoms with Gasteiger partial charge in [-0.1, -0.05) is 0 Å². The number of hydrogen-bond acceptors (Lipinski definition) is 3. The standard InChI is InChI=1S/C12H11F3O3/c1-3-18-12(17)6(2)11(16)7-4-9(14)10(15)5-8(7)13/h4-6H,3H2,1-2H3. The van der Waals surface area contributed by atoms with Gasteiger partial charge >= 0.3 is 5.97 Å². The molecule has 1 atom stereocenters. The van der Waals surface area contributed by atoms with Crippen molar-refractivity contribution in [2.45, 2.75) is 13.8 Å². The second-order valence-corrected chi connectivity index (χ2v) is 3.58. The Morgan fingerprint density at radius 1 is 1.17 bits per heavy atom. The average molecular weight is 260 g/mol. The second-order valence-electron chi connectivity index (χ2n) is 3.58. The highest BCUT2D eigenvalue weighted by Crippen LogP contribution is 2.18. The van der Waals surface area contributed by atoms with Crippen molar-refractivity contribution < 1.29 is 27.5 Å². The van der Waals surface area contributed by atoms with Gasteiger partial charge in [-0.05, 0) is 19.9 Å². The largest absolute Gasteiger partial charge is 0.465 e. The zero-order chi connectivity index (χ0) is 13.9. The lowest BCUT2D eigenvalue weighted by molar-refractivity contribution is -0.145. The van der Waals surface area contributed by atoms with E-state index in [0.717, 1.165) is 0 Å². The molecule has 98 valence electrons. The van der Waals surface area contributed by atoms with Crippen molar-refractivity contribution in [2.75, 3.05) is 6.61 Å². The lowest BCUT2D eigenvalue weighted by Crippen LogP contribution is -2.24. The summed E-state index contributed by atoms with van der Waals surface area (Å²) in [6, 6.07) is 0.698. The third-order valence-corrected chi connectivity index (χ3v) is 2.31. The van der Waals surface area contributed by atoms with Crippen LogP contribution in [0, 0.1) is 23.4 Å². The van der Waals surface area contributed by atoms with Gasteiger partial charge in [-0.15, -0.1) is 0 Å². The summed E-state index contributed by atoms with van der Waals surface area (Å²) in [7, 11) is 0. The van der Waals surface area contributed by atoms with Crippen LogP contribution in [0.15, 0.2) is 12.1 Å². The third kappa shape index (κ3) is 2.88. The average Bonchev–Trinajstić information content (AvgIpc) is 2.32. The lowest BCUT2D eigenvalue weighted by Gasteiger charge is -2.10. The maximum atomic E-state index is 13.3. The molecule has 0 fully saturated rings. The molecule has 0 spiro atoms. The van der Waals surface area contributed by atoms with Crippen LogP contribution in [0.2, 0.25) is 0 Å². The van der Waals surface area contributed by atoms with E-state index < -0.39 is 40.7 Å². The van der Waals surface area contributed by atoms with Crippen LogP contribution in [0.3, 0.4) is 0 Å². The number of hydrogen-bond donors (Lipinski definition) is 0. The van der Waals surface area contributed by atoms with E-state index >= 15 is 0 Å². The fourth-order valence-electron chi connectivity index (χ4n) is 1.32. The maximum Gasteiger partial charge on any atom is 0.316 e. The van der Waals surface area contributed by atoms with Gasteiger partial charge in [-0.2, -0.15) is 0 Å². The van der Waals surface area contributed by atoms with E-state index in [9.17, 15) is 22.8 Å². The molecule has 18 heavy (non-hydrogen) atoms. The zero-order valence-electron chi connectivity index (χ0n) is 9.80. The van der Waals surface area contributed by atoms with Crippen LogP contribution in [0.5, 0.6) is 0 Å². The SMILES string of the molecule is CCOC(=O)C(C)C(=O)c1cc(F)c(F)cc1F. The maximum absolute atomic E-state index is 13.3. The summed E-state index contributed by atoms with van der Waals surface area (Å²) in [5.41, 5.74) is -0.672. The Balaban J connectivity index is 3.04. The summed E-state index contributed by atoms with van der Waals surface area (Å²) in [4.78, 5) is 23.0. The molecule has 3 nitrogen and oxygen atoms in total. The summed E-state index contributed by atoms with van der Waals surface area (Å²) < 4.78 is 43.5. The number of halogens is 3. The van der Waals surface area contributed by atoms with Gasteiger partial charge in [-0.25, -0.2) is 13.2 Å². The molecule has 1 aromatic carbocycles. The Hall–Kier alpha value is -1.85. The van der Waals surface area contributed by atoms with Crippen LogP contribution in [0.4, 0.5) is 13.2 Å².